The van der Waals surface area contributed by atoms with Crippen LogP contribution in [0.15, 0.2) is 12.3 Å². The van der Waals surface area contributed by atoms with Gasteiger partial charge in [0.25, 0.3) is 6.43 Å². The summed E-state index contributed by atoms with van der Waals surface area (Å²) in [5.41, 5.74) is -2.18. The quantitative estimate of drug-likeness (QED) is 0.724. The van der Waals surface area contributed by atoms with Gasteiger partial charge >= 0.3 is 6.18 Å². The largest absolute Gasteiger partial charge is 0.495 e. The third-order valence-electron chi connectivity index (χ3n) is 1.64. The van der Waals surface area contributed by atoms with Gasteiger partial charge in [-0.3, -0.25) is 0 Å². The van der Waals surface area contributed by atoms with Crippen molar-refractivity contribution in [3.63, 3.8) is 0 Å². The van der Waals surface area contributed by atoms with Crippen LogP contribution in [-0.2, 0) is 6.18 Å². The van der Waals surface area contributed by atoms with Crippen LogP contribution < -0.4 is 4.74 Å². The van der Waals surface area contributed by atoms with Crippen molar-refractivity contribution in [1.82, 2.24) is 4.98 Å². The minimum absolute atomic E-state index is 0.281. The van der Waals surface area contributed by atoms with E-state index >= 15 is 0 Å². The van der Waals surface area contributed by atoms with Crippen molar-refractivity contribution >= 4 is 0 Å². The summed E-state index contributed by atoms with van der Waals surface area (Å²) in [5.74, 6) is -0.363. The minimum Gasteiger partial charge on any atom is -0.495 e. The molecule has 2 nitrogen and oxygen atoms in total. The van der Waals surface area contributed by atoms with Crippen molar-refractivity contribution in [3.05, 3.63) is 23.5 Å². The molecule has 0 aromatic carbocycles. The topological polar surface area (TPSA) is 22.1 Å². The summed E-state index contributed by atoms with van der Waals surface area (Å²) in [4.78, 5) is 2.98. The summed E-state index contributed by atoms with van der Waals surface area (Å²) in [6.07, 6.45) is -7.15. The standard InChI is InChI=1S/C8H6F5NO/c1-15-5-3-14-6(8(11,12)13)2-4(5)7(9)10/h2-3,7H,1H3. The molecule has 0 spiro atoms. The molecule has 1 aromatic heterocycles. The van der Waals surface area contributed by atoms with Crippen LogP contribution in [0.2, 0.25) is 0 Å². The van der Waals surface area contributed by atoms with E-state index in [2.05, 4.69) is 9.72 Å². The zero-order valence-electron chi connectivity index (χ0n) is 7.48. The highest BCUT2D eigenvalue weighted by molar-refractivity contribution is 5.34. The Bertz CT molecular complexity index is 349. The maximum Gasteiger partial charge on any atom is 0.433 e. The first-order chi connectivity index (χ1) is 6.86. The van der Waals surface area contributed by atoms with Gasteiger partial charge in [-0.15, -0.1) is 0 Å². The van der Waals surface area contributed by atoms with Crippen LogP contribution in [0, 0.1) is 0 Å². The first-order valence-electron chi connectivity index (χ1n) is 3.75. The van der Waals surface area contributed by atoms with Crippen LogP contribution in [0.5, 0.6) is 5.75 Å². The number of aromatic nitrogens is 1. The van der Waals surface area contributed by atoms with Crippen molar-refractivity contribution in [2.75, 3.05) is 7.11 Å². The Hall–Kier alpha value is -1.40. The average Bonchev–Trinajstić information content (AvgIpc) is 2.15. The zero-order chi connectivity index (χ0) is 11.6. The number of ether oxygens (including phenoxy) is 1. The second-order valence-corrected chi connectivity index (χ2v) is 2.61. The lowest BCUT2D eigenvalue weighted by atomic mass is 10.2. The summed E-state index contributed by atoms with van der Waals surface area (Å²) in [6, 6.07) is 0.281. The number of hydrogen-bond donors (Lipinski definition) is 0. The van der Waals surface area contributed by atoms with Gasteiger partial charge in [-0.1, -0.05) is 0 Å². The lowest BCUT2D eigenvalue weighted by Gasteiger charge is -2.10. The summed E-state index contributed by atoms with van der Waals surface area (Å²) in [7, 11) is 1.08. The van der Waals surface area contributed by atoms with E-state index in [-0.39, 0.29) is 11.8 Å². The van der Waals surface area contributed by atoms with Crippen LogP contribution in [0.1, 0.15) is 17.7 Å². The van der Waals surface area contributed by atoms with Crippen LogP contribution in [-0.4, -0.2) is 12.1 Å². The molecule has 1 aromatic rings. The highest BCUT2D eigenvalue weighted by Gasteiger charge is 2.34. The van der Waals surface area contributed by atoms with E-state index in [4.69, 9.17) is 0 Å². The number of halogens is 5. The molecule has 0 atom stereocenters. The van der Waals surface area contributed by atoms with E-state index in [9.17, 15) is 22.0 Å². The molecular weight excluding hydrogens is 221 g/mol. The molecular formula is C8H6F5NO. The second-order valence-electron chi connectivity index (χ2n) is 2.61. The smallest absolute Gasteiger partial charge is 0.433 e. The fourth-order valence-corrected chi connectivity index (χ4v) is 0.955. The van der Waals surface area contributed by atoms with Crippen LogP contribution in [0.3, 0.4) is 0 Å². The molecule has 0 aliphatic rings. The summed E-state index contributed by atoms with van der Waals surface area (Å²) in [5, 5.41) is 0. The number of rotatable bonds is 2. The number of pyridine rings is 1. The predicted octanol–water partition coefficient (Wildman–Crippen LogP) is 3.05. The third-order valence-corrected chi connectivity index (χ3v) is 1.64. The van der Waals surface area contributed by atoms with Crippen molar-refractivity contribution in [2.24, 2.45) is 0 Å². The monoisotopic (exact) mass is 227 g/mol. The lowest BCUT2D eigenvalue weighted by molar-refractivity contribution is -0.141. The molecule has 0 aliphatic heterocycles. The van der Waals surface area contributed by atoms with E-state index in [1.165, 1.54) is 0 Å². The highest BCUT2D eigenvalue weighted by atomic mass is 19.4. The Morgan fingerprint density at radius 3 is 2.33 bits per heavy atom. The first-order valence-corrected chi connectivity index (χ1v) is 3.75. The van der Waals surface area contributed by atoms with Gasteiger partial charge in [0.2, 0.25) is 0 Å². The van der Waals surface area contributed by atoms with Gasteiger partial charge in [0.05, 0.1) is 18.9 Å². The minimum atomic E-state index is -4.74. The second kappa shape index (κ2) is 4.00. The molecule has 0 saturated carbocycles. The van der Waals surface area contributed by atoms with Gasteiger partial charge in [-0.25, -0.2) is 13.8 Å². The van der Waals surface area contributed by atoms with Crippen molar-refractivity contribution < 1.29 is 26.7 Å². The van der Waals surface area contributed by atoms with Gasteiger partial charge in [0.1, 0.15) is 11.4 Å². The van der Waals surface area contributed by atoms with Crippen LogP contribution in [0.25, 0.3) is 0 Å². The first kappa shape index (κ1) is 11.7. The molecule has 0 radical (unpaired) electrons. The van der Waals surface area contributed by atoms with Crippen LogP contribution >= 0.6 is 0 Å². The normalized spacial score (nSPS) is 11.9. The fraction of sp³-hybridized carbons (Fsp3) is 0.375. The average molecular weight is 227 g/mol. The fourth-order valence-electron chi connectivity index (χ4n) is 0.955. The maximum absolute atomic E-state index is 12.3. The highest BCUT2D eigenvalue weighted by Crippen LogP contribution is 2.34. The Morgan fingerprint density at radius 2 is 1.93 bits per heavy atom. The van der Waals surface area contributed by atoms with E-state index in [1.54, 1.807) is 0 Å². The number of nitrogens with zero attached hydrogens (tertiary/aromatic N) is 1. The van der Waals surface area contributed by atoms with Gasteiger partial charge in [0.15, 0.2) is 0 Å². The third kappa shape index (κ3) is 2.54. The number of alkyl halides is 5. The molecule has 0 unspecified atom stereocenters. The molecule has 0 saturated heterocycles. The Balaban J connectivity index is 3.22. The Labute approximate surface area is 81.7 Å². The van der Waals surface area contributed by atoms with E-state index in [0.717, 1.165) is 7.11 Å². The van der Waals surface area contributed by atoms with E-state index < -0.39 is 23.9 Å². The Morgan fingerprint density at radius 1 is 1.33 bits per heavy atom. The van der Waals surface area contributed by atoms with Crippen molar-refractivity contribution in [2.45, 2.75) is 12.6 Å². The van der Waals surface area contributed by atoms with Crippen molar-refractivity contribution in [3.8, 4) is 5.75 Å². The SMILES string of the molecule is COc1cnc(C(F)(F)F)cc1C(F)F. The molecule has 0 bridgehead atoms. The summed E-state index contributed by atoms with van der Waals surface area (Å²) >= 11 is 0. The molecule has 0 aliphatic carbocycles. The van der Waals surface area contributed by atoms with E-state index in [1.807, 2.05) is 0 Å². The molecule has 0 fully saturated rings. The van der Waals surface area contributed by atoms with Gasteiger partial charge < -0.3 is 4.74 Å². The van der Waals surface area contributed by atoms with Crippen molar-refractivity contribution in [1.29, 1.82) is 0 Å². The molecule has 1 heterocycles. The van der Waals surface area contributed by atoms with Gasteiger partial charge in [-0.05, 0) is 6.07 Å². The van der Waals surface area contributed by atoms with Gasteiger partial charge in [-0.2, -0.15) is 13.2 Å². The van der Waals surface area contributed by atoms with Gasteiger partial charge in [0, 0.05) is 0 Å². The zero-order valence-corrected chi connectivity index (χ0v) is 7.48. The molecule has 0 amide bonds. The molecule has 15 heavy (non-hydrogen) atoms. The van der Waals surface area contributed by atoms with Crippen LogP contribution in [0.4, 0.5) is 22.0 Å². The maximum atomic E-state index is 12.3. The molecule has 0 N–H and O–H groups in total. The lowest BCUT2D eigenvalue weighted by Crippen LogP contribution is -2.09. The molecule has 1 rings (SSSR count). The Kier molecular flexibility index (Phi) is 3.11. The van der Waals surface area contributed by atoms with E-state index in [0.29, 0.717) is 6.20 Å². The predicted molar refractivity (Wildman–Crippen MR) is 40.7 cm³/mol. The number of methoxy groups -OCH3 is 1. The molecule has 7 heteroatoms. The summed E-state index contributed by atoms with van der Waals surface area (Å²) < 4.78 is 65.4. The number of hydrogen-bond acceptors (Lipinski definition) is 2. The molecule has 84 valence electrons. The summed E-state index contributed by atoms with van der Waals surface area (Å²) in [6.45, 7) is 0.